The zero-order valence-electron chi connectivity index (χ0n) is 13.5. The van der Waals surface area contributed by atoms with Gasteiger partial charge in [0, 0.05) is 50.7 Å². The highest BCUT2D eigenvalue weighted by Gasteiger charge is 2.41. The van der Waals surface area contributed by atoms with E-state index < -0.39 is 0 Å². The summed E-state index contributed by atoms with van der Waals surface area (Å²) in [6.45, 7) is 6.09. The second-order valence-corrected chi connectivity index (χ2v) is 6.93. The minimum atomic E-state index is -0.346. The van der Waals surface area contributed by atoms with E-state index in [1.165, 1.54) is 12.5 Å². The molecule has 0 saturated carbocycles. The Morgan fingerprint density at radius 1 is 1.30 bits per heavy atom. The van der Waals surface area contributed by atoms with Gasteiger partial charge in [0.1, 0.15) is 0 Å². The smallest absolute Gasteiger partial charge is 0.269 e. The van der Waals surface area contributed by atoms with Crippen LogP contribution in [-0.2, 0) is 11.3 Å². The first-order valence-corrected chi connectivity index (χ1v) is 8.19. The molecule has 1 unspecified atom stereocenters. The molecule has 6 nitrogen and oxygen atoms in total. The fourth-order valence-electron chi connectivity index (χ4n) is 4.00. The van der Waals surface area contributed by atoms with Crippen LogP contribution in [0.15, 0.2) is 24.3 Å². The average molecular weight is 317 g/mol. The summed E-state index contributed by atoms with van der Waals surface area (Å²) < 4.78 is 0. The summed E-state index contributed by atoms with van der Waals surface area (Å²) in [6.07, 6.45) is 3.35. The standard InChI is InChI=1S/C17H23N3O3/c1-14(21)19-8-3-6-17(13-19)7-9-18(12-17)11-15-4-2-5-16(10-15)20(22)23/h2,4-5,10H,3,6-9,11-13H2,1H3. The Labute approximate surface area is 136 Å². The molecule has 2 fully saturated rings. The molecular weight excluding hydrogens is 294 g/mol. The van der Waals surface area contributed by atoms with Crippen molar-refractivity contribution in [1.82, 2.24) is 9.80 Å². The maximum Gasteiger partial charge on any atom is 0.269 e. The maximum atomic E-state index is 11.7. The van der Waals surface area contributed by atoms with E-state index in [1.54, 1.807) is 19.1 Å². The van der Waals surface area contributed by atoms with Crippen LogP contribution in [0.3, 0.4) is 0 Å². The highest BCUT2D eigenvalue weighted by atomic mass is 16.6. The second kappa shape index (κ2) is 6.28. The van der Waals surface area contributed by atoms with Gasteiger partial charge in [-0.05, 0) is 31.4 Å². The number of nitro benzene ring substituents is 1. The lowest BCUT2D eigenvalue weighted by atomic mass is 9.79. The van der Waals surface area contributed by atoms with Gasteiger partial charge in [-0.3, -0.25) is 19.8 Å². The Morgan fingerprint density at radius 2 is 2.13 bits per heavy atom. The summed E-state index contributed by atoms with van der Waals surface area (Å²) in [7, 11) is 0. The molecule has 0 bridgehead atoms. The summed E-state index contributed by atoms with van der Waals surface area (Å²) in [5.74, 6) is 0.168. The fourth-order valence-corrected chi connectivity index (χ4v) is 4.00. The van der Waals surface area contributed by atoms with Gasteiger partial charge in [-0.15, -0.1) is 0 Å². The first kappa shape index (κ1) is 15.9. The number of carbonyl (C=O) groups excluding carboxylic acids is 1. The average Bonchev–Trinajstić information content (AvgIpc) is 2.89. The van der Waals surface area contributed by atoms with E-state index >= 15 is 0 Å². The van der Waals surface area contributed by atoms with E-state index in [-0.39, 0.29) is 21.9 Å². The van der Waals surface area contributed by atoms with Gasteiger partial charge in [0.2, 0.25) is 5.91 Å². The van der Waals surface area contributed by atoms with Crippen LogP contribution in [0.2, 0.25) is 0 Å². The van der Waals surface area contributed by atoms with Crippen molar-refractivity contribution >= 4 is 11.6 Å². The number of rotatable bonds is 3. The van der Waals surface area contributed by atoms with Crippen molar-refractivity contribution in [3.8, 4) is 0 Å². The molecule has 1 aromatic carbocycles. The summed E-state index contributed by atoms with van der Waals surface area (Å²) >= 11 is 0. The zero-order chi connectivity index (χ0) is 16.4. The van der Waals surface area contributed by atoms with Crippen molar-refractivity contribution < 1.29 is 9.72 Å². The SMILES string of the molecule is CC(=O)N1CCCC2(CCN(Cc3cccc([N+](=O)[O-])c3)C2)C1. The number of carbonyl (C=O) groups is 1. The van der Waals surface area contributed by atoms with Crippen LogP contribution in [-0.4, -0.2) is 46.8 Å². The Kier molecular flexibility index (Phi) is 4.35. The van der Waals surface area contributed by atoms with Crippen molar-refractivity contribution in [1.29, 1.82) is 0 Å². The maximum absolute atomic E-state index is 11.7. The second-order valence-electron chi connectivity index (χ2n) is 6.93. The predicted molar refractivity (Wildman–Crippen MR) is 86.9 cm³/mol. The number of piperidine rings is 1. The molecule has 6 heteroatoms. The molecule has 2 aliphatic heterocycles. The minimum Gasteiger partial charge on any atom is -0.342 e. The Balaban J connectivity index is 1.65. The molecule has 2 heterocycles. The van der Waals surface area contributed by atoms with Crippen LogP contribution < -0.4 is 0 Å². The molecule has 1 amide bonds. The van der Waals surface area contributed by atoms with Gasteiger partial charge in [0.05, 0.1) is 4.92 Å². The molecule has 3 rings (SSSR count). The summed E-state index contributed by atoms with van der Waals surface area (Å²) in [4.78, 5) is 26.5. The van der Waals surface area contributed by atoms with E-state index in [0.717, 1.165) is 51.1 Å². The lowest BCUT2D eigenvalue weighted by Gasteiger charge is -2.40. The topological polar surface area (TPSA) is 66.7 Å². The first-order chi connectivity index (χ1) is 11.0. The Bertz CT molecular complexity index is 619. The van der Waals surface area contributed by atoms with Crippen molar-refractivity contribution in [2.75, 3.05) is 26.2 Å². The van der Waals surface area contributed by atoms with E-state index in [0.29, 0.717) is 0 Å². The molecule has 0 aliphatic carbocycles. The Hall–Kier alpha value is -1.95. The Morgan fingerprint density at radius 3 is 2.87 bits per heavy atom. The number of nitro groups is 1. The van der Waals surface area contributed by atoms with E-state index in [1.807, 2.05) is 11.0 Å². The number of hydrogen-bond acceptors (Lipinski definition) is 4. The molecule has 1 atom stereocenters. The van der Waals surface area contributed by atoms with Crippen molar-refractivity contribution in [3.05, 3.63) is 39.9 Å². The largest absolute Gasteiger partial charge is 0.342 e. The highest BCUT2D eigenvalue weighted by molar-refractivity contribution is 5.73. The number of benzene rings is 1. The summed E-state index contributed by atoms with van der Waals surface area (Å²) in [5, 5.41) is 10.9. The van der Waals surface area contributed by atoms with Crippen LogP contribution in [0.25, 0.3) is 0 Å². The monoisotopic (exact) mass is 317 g/mol. The highest BCUT2D eigenvalue weighted by Crippen LogP contribution is 2.39. The van der Waals surface area contributed by atoms with E-state index in [4.69, 9.17) is 0 Å². The molecule has 2 saturated heterocycles. The van der Waals surface area contributed by atoms with Crippen LogP contribution in [0, 0.1) is 15.5 Å². The van der Waals surface area contributed by atoms with Crippen LogP contribution in [0.5, 0.6) is 0 Å². The lowest BCUT2D eigenvalue weighted by molar-refractivity contribution is -0.384. The molecular formula is C17H23N3O3. The summed E-state index contributed by atoms with van der Waals surface area (Å²) in [5.41, 5.74) is 1.34. The minimum absolute atomic E-state index is 0.150. The van der Waals surface area contributed by atoms with Crippen LogP contribution in [0.4, 0.5) is 5.69 Å². The van der Waals surface area contributed by atoms with Gasteiger partial charge in [0.15, 0.2) is 0 Å². The number of amides is 1. The fraction of sp³-hybridized carbons (Fsp3) is 0.588. The number of likely N-dealkylation sites (tertiary alicyclic amines) is 2. The first-order valence-electron chi connectivity index (χ1n) is 8.19. The molecule has 0 aromatic heterocycles. The van der Waals surface area contributed by atoms with Crippen molar-refractivity contribution in [2.24, 2.45) is 5.41 Å². The number of nitrogens with zero attached hydrogens (tertiary/aromatic N) is 3. The third kappa shape index (κ3) is 3.52. The van der Waals surface area contributed by atoms with Crippen LogP contribution in [0.1, 0.15) is 31.7 Å². The van der Waals surface area contributed by atoms with Crippen molar-refractivity contribution in [3.63, 3.8) is 0 Å². The van der Waals surface area contributed by atoms with Gasteiger partial charge in [-0.1, -0.05) is 12.1 Å². The van der Waals surface area contributed by atoms with Crippen molar-refractivity contribution in [2.45, 2.75) is 32.7 Å². The van der Waals surface area contributed by atoms with Gasteiger partial charge in [-0.25, -0.2) is 0 Å². The van der Waals surface area contributed by atoms with Gasteiger partial charge in [-0.2, -0.15) is 0 Å². The van der Waals surface area contributed by atoms with Gasteiger partial charge < -0.3 is 4.90 Å². The third-order valence-electron chi connectivity index (χ3n) is 5.15. The summed E-state index contributed by atoms with van der Waals surface area (Å²) in [6, 6.07) is 6.88. The molecule has 0 N–H and O–H groups in total. The van der Waals surface area contributed by atoms with Gasteiger partial charge in [0.25, 0.3) is 5.69 Å². The lowest BCUT2D eigenvalue weighted by Crippen LogP contribution is -2.46. The number of hydrogen-bond donors (Lipinski definition) is 0. The number of non-ortho nitro benzene ring substituents is 1. The third-order valence-corrected chi connectivity index (χ3v) is 5.15. The van der Waals surface area contributed by atoms with Crippen LogP contribution >= 0.6 is 0 Å². The quantitative estimate of drug-likeness (QED) is 0.634. The van der Waals surface area contributed by atoms with Gasteiger partial charge >= 0.3 is 0 Å². The molecule has 0 radical (unpaired) electrons. The molecule has 1 aromatic rings. The molecule has 1 spiro atoms. The normalized spacial score (nSPS) is 25.0. The molecule has 23 heavy (non-hydrogen) atoms. The molecule has 124 valence electrons. The predicted octanol–water partition coefficient (Wildman–Crippen LogP) is 2.43. The van der Waals surface area contributed by atoms with E-state index in [9.17, 15) is 14.9 Å². The van der Waals surface area contributed by atoms with E-state index in [2.05, 4.69) is 4.90 Å². The zero-order valence-corrected chi connectivity index (χ0v) is 13.5. The molecule has 2 aliphatic rings.